The van der Waals surface area contributed by atoms with Gasteiger partial charge in [0.2, 0.25) is 10.0 Å². The van der Waals surface area contributed by atoms with E-state index in [2.05, 4.69) is 4.72 Å². The number of nitrogens with one attached hydrogen (secondary N) is 1. The molecule has 0 aliphatic rings. The fourth-order valence-corrected chi connectivity index (χ4v) is 3.69. The van der Waals surface area contributed by atoms with Gasteiger partial charge in [0.05, 0.1) is 14.2 Å². The summed E-state index contributed by atoms with van der Waals surface area (Å²) in [6.45, 7) is 2.20. The molecule has 5 nitrogen and oxygen atoms in total. The van der Waals surface area contributed by atoms with Crippen LogP contribution < -0.4 is 14.2 Å². The minimum absolute atomic E-state index is 0.0900. The van der Waals surface area contributed by atoms with Crippen LogP contribution in [0.3, 0.4) is 0 Å². The molecule has 0 aliphatic heterocycles. The third-order valence-corrected chi connectivity index (χ3v) is 5.23. The Labute approximate surface area is 143 Å². The molecule has 0 radical (unpaired) electrons. The number of hydrogen-bond acceptors (Lipinski definition) is 4. The zero-order valence-electron chi connectivity index (χ0n) is 14.2. The minimum Gasteiger partial charge on any atom is -0.496 e. The van der Waals surface area contributed by atoms with Crippen molar-refractivity contribution in [3.05, 3.63) is 53.6 Å². The van der Waals surface area contributed by atoms with E-state index in [1.54, 1.807) is 6.07 Å². The van der Waals surface area contributed by atoms with E-state index in [1.807, 2.05) is 37.3 Å². The number of rotatable bonds is 8. The molecule has 2 rings (SSSR count). The number of ether oxygens (including phenoxy) is 2. The summed E-state index contributed by atoms with van der Waals surface area (Å²) < 4.78 is 38.2. The van der Waals surface area contributed by atoms with Crippen LogP contribution in [0.2, 0.25) is 0 Å². The molecule has 1 N–H and O–H groups in total. The lowest BCUT2D eigenvalue weighted by Gasteiger charge is -2.14. The van der Waals surface area contributed by atoms with E-state index in [4.69, 9.17) is 9.47 Å². The molecule has 0 unspecified atom stereocenters. The second kappa shape index (κ2) is 8.17. The lowest BCUT2D eigenvalue weighted by atomic mass is 10.1. The maximum Gasteiger partial charge on any atom is 0.244 e. The first-order valence-corrected chi connectivity index (χ1v) is 9.22. The van der Waals surface area contributed by atoms with Crippen LogP contribution in [0.5, 0.6) is 11.5 Å². The zero-order chi connectivity index (χ0) is 17.6. The molecular weight excluding hydrogens is 326 g/mol. The van der Waals surface area contributed by atoms with E-state index >= 15 is 0 Å². The summed E-state index contributed by atoms with van der Waals surface area (Å²) in [5, 5.41) is 0. The van der Waals surface area contributed by atoms with Gasteiger partial charge in [-0.2, -0.15) is 0 Å². The van der Waals surface area contributed by atoms with Gasteiger partial charge in [-0.05, 0) is 37.0 Å². The van der Waals surface area contributed by atoms with E-state index in [-0.39, 0.29) is 4.90 Å². The summed E-state index contributed by atoms with van der Waals surface area (Å²) >= 11 is 0. The predicted octanol–water partition coefficient (Wildman–Crippen LogP) is 2.92. The quantitative estimate of drug-likeness (QED) is 0.744. The molecule has 0 aromatic heterocycles. The second-order valence-corrected chi connectivity index (χ2v) is 7.19. The smallest absolute Gasteiger partial charge is 0.244 e. The van der Waals surface area contributed by atoms with Crippen molar-refractivity contribution in [3.8, 4) is 11.5 Å². The Morgan fingerprint density at radius 2 is 1.67 bits per heavy atom. The molecule has 0 amide bonds. The highest BCUT2D eigenvalue weighted by Gasteiger charge is 2.21. The Hall–Kier alpha value is -2.05. The van der Waals surface area contributed by atoms with Crippen LogP contribution in [-0.4, -0.2) is 29.2 Å². The SMILES string of the molecule is COc1cc(S(=O)(=O)NCCCc2ccccc2)c(OC)cc1C. The van der Waals surface area contributed by atoms with E-state index in [0.717, 1.165) is 12.0 Å². The van der Waals surface area contributed by atoms with E-state index in [0.29, 0.717) is 24.5 Å². The van der Waals surface area contributed by atoms with Crippen molar-refractivity contribution in [2.75, 3.05) is 20.8 Å². The Bertz CT molecular complexity index is 773. The van der Waals surface area contributed by atoms with Gasteiger partial charge in [-0.15, -0.1) is 0 Å². The summed E-state index contributed by atoms with van der Waals surface area (Å²) in [5.41, 5.74) is 2.00. The molecule has 130 valence electrons. The summed E-state index contributed by atoms with van der Waals surface area (Å²) in [4.78, 5) is 0.0900. The van der Waals surface area contributed by atoms with Crippen LogP contribution in [0.4, 0.5) is 0 Å². The molecule has 0 aliphatic carbocycles. The van der Waals surface area contributed by atoms with Gasteiger partial charge >= 0.3 is 0 Å². The molecule has 0 saturated carbocycles. The highest BCUT2D eigenvalue weighted by molar-refractivity contribution is 7.89. The van der Waals surface area contributed by atoms with Crippen molar-refractivity contribution in [2.45, 2.75) is 24.7 Å². The first-order valence-electron chi connectivity index (χ1n) is 7.74. The lowest BCUT2D eigenvalue weighted by molar-refractivity contribution is 0.390. The molecule has 0 fully saturated rings. The highest BCUT2D eigenvalue weighted by atomic mass is 32.2. The van der Waals surface area contributed by atoms with Gasteiger partial charge in [-0.1, -0.05) is 30.3 Å². The van der Waals surface area contributed by atoms with Gasteiger partial charge in [0.1, 0.15) is 16.4 Å². The monoisotopic (exact) mass is 349 g/mol. The van der Waals surface area contributed by atoms with Gasteiger partial charge in [-0.3, -0.25) is 0 Å². The van der Waals surface area contributed by atoms with Crippen molar-refractivity contribution >= 4 is 10.0 Å². The van der Waals surface area contributed by atoms with Crippen LogP contribution in [0.25, 0.3) is 0 Å². The first-order chi connectivity index (χ1) is 11.5. The predicted molar refractivity (Wildman–Crippen MR) is 94.2 cm³/mol. The minimum atomic E-state index is -3.66. The fraction of sp³-hybridized carbons (Fsp3) is 0.333. The number of benzene rings is 2. The average Bonchev–Trinajstić information content (AvgIpc) is 2.59. The molecular formula is C18H23NO4S. The molecule has 2 aromatic carbocycles. The Morgan fingerprint density at radius 3 is 2.29 bits per heavy atom. The summed E-state index contributed by atoms with van der Waals surface area (Å²) in [7, 11) is -0.695. The average molecular weight is 349 g/mol. The lowest BCUT2D eigenvalue weighted by Crippen LogP contribution is -2.25. The van der Waals surface area contributed by atoms with Gasteiger partial charge in [0.15, 0.2) is 0 Å². The normalized spacial score (nSPS) is 11.3. The third-order valence-electron chi connectivity index (χ3n) is 3.75. The van der Waals surface area contributed by atoms with Crippen LogP contribution in [-0.2, 0) is 16.4 Å². The maximum atomic E-state index is 12.6. The van der Waals surface area contributed by atoms with Crippen molar-refractivity contribution in [1.82, 2.24) is 4.72 Å². The van der Waals surface area contributed by atoms with Crippen LogP contribution >= 0.6 is 0 Å². The number of hydrogen-bond donors (Lipinski definition) is 1. The molecule has 0 bridgehead atoms. The van der Waals surface area contributed by atoms with Crippen molar-refractivity contribution < 1.29 is 17.9 Å². The topological polar surface area (TPSA) is 64.6 Å². The third kappa shape index (κ3) is 4.49. The van der Waals surface area contributed by atoms with Crippen molar-refractivity contribution in [3.63, 3.8) is 0 Å². The molecule has 0 spiro atoms. The van der Waals surface area contributed by atoms with Crippen molar-refractivity contribution in [1.29, 1.82) is 0 Å². The second-order valence-electron chi connectivity index (χ2n) is 5.46. The van der Waals surface area contributed by atoms with Gasteiger partial charge in [0, 0.05) is 12.6 Å². The van der Waals surface area contributed by atoms with Gasteiger partial charge < -0.3 is 9.47 Å². The molecule has 0 atom stereocenters. The molecule has 0 saturated heterocycles. The highest BCUT2D eigenvalue weighted by Crippen LogP contribution is 2.31. The molecule has 24 heavy (non-hydrogen) atoms. The fourth-order valence-electron chi connectivity index (χ4n) is 2.45. The Morgan fingerprint density at radius 1 is 1.00 bits per heavy atom. The van der Waals surface area contributed by atoms with Crippen LogP contribution in [0.15, 0.2) is 47.4 Å². The van der Waals surface area contributed by atoms with Gasteiger partial charge in [0.25, 0.3) is 0 Å². The van der Waals surface area contributed by atoms with Gasteiger partial charge in [-0.25, -0.2) is 13.1 Å². The largest absolute Gasteiger partial charge is 0.496 e. The molecule has 6 heteroatoms. The van der Waals surface area contributed by atoms with Crippen molar-refractivity contribution in [2.24, 2.45) is 0 Å². The Kier molecular flexibility index (Phi) is 6.23. The Balaban J connectivity index is 2.07. The zero-order valence-corrected chi connectivity index (χ0v) is 15.0. The summed E-state index contributed by atoms with van der Waals surface area (Å²) in [6, 6.07) is 13.1. The number of sulfonamides is 1. The standard InChI is InChI=1S/C18H23NO4S/c1-14-12-17(23-3)18(13-16(14)22-2)24(20,21)19-11-7-10-15-8-5-4-6-9-15/h4-6,8-9,12-13,19H,7,10-11H2,1-3H3. The van der Waals surface area contributed by atoms with E-state index in [1.165, 1.54) is 25.8 Å². The number of aryl methyl sites for hydroxylation is 2. The van der Waals surface area contributed by atoms with E-state index in [9.17, 15) is 8.42 Å². The summed E-state index contributed by atoms with van der Waals surface area (Å²) in [5.74, 6) is 0.823. The number of methoxy groups -OCH3 is 2. The maximum absolute atomic E-state index is 12.6. The molecule has 2 aromatic rings. The summed E-state index contributed by atoms with van der Waals surface area (Å²) in [6.07, 6.45) is 1.53. The van der Waals surface area contributed by atoms with Crippen LogP contribution in [0.1, 0.15) is 17.5 Å². The van der Waals surface area contributed by atoms with Crippen LogP contribution in [0, 0.1) is 6.92 Å². The van der Waals surface area contributed by atoms with E-state index < -0.39 is 10.0 Å². The molecule has 0 heterocycles. The first kappa shape index (κ1) is 18.3.